The van der Waals surface area contributed by atoms with Gasteiger partial charge in [0, 0.05) is 8.03 Å². The van der Waals surface area contributed by atoms with Crippen LogP contribution in [0.2, 0.25) is 0 Å². The van der Waals surface area contributed by atoms with Crippen LogP contribution in [0.4, 0.5) is 10.5 Å². The summed E-state index contributed by atoms with van der Waals surface area (Å²) in [6.07, 6.45) is 1.17. The maximum atomic E-state index is 11.3. The molecule has 0 heterocycles. The first-order valence-corrected chi connectivity index (χ1v) is 5.91. The van der Waals surface area contributed by atoms with E-state index >= 15 is 0 Å². The SMILES string of the molecule is C=Cc1cc(COC(=O)NCOCC)ccc1N=C.[HH]. The van der Waals surface area contributed by atoms with Crippen molar-refractivity contribution in [2.24, 2.45) is 4.99 Å². The van der Waals surface area contributed by atoms with Crippen LogP contribution in [0.25, 0.3) is 6.08 Å². The van der Waals surface area contributed by atoms with E-state index in [9.17, 15) is 4.79 Å². The third kappa shape index (κ3) is 4.93. The summed E-state index contributed by atoms with van der Waals surface area (Å²) >= 11 is 0. The number of carbonyl (C=O) groups is 1. The lowest BCUT2D eigenvalue weighted by Gasteiger charge is -2.08. The summed E-state index contributed by atoms with van der Waals surface area (Å²) in [4.78, 5) is 15.2. The molecule has 0 aliphatic heterocycles. The van der Waals surface area contributed by atoms with Crippen LogP contribution in [0.3, 0.4) is 0 Å². The standard InChI is InChI=1S/C14H18N2O3.H2/c1-4-12-8-11(6-7-13(12)15-3)9-19-14(17)16-10-18-5-2;/h4,6-8H,1,3,5,9-10H2,2H3,(H,16,17);1H. The van der Waals surface area contributed by atoms with E-state index in [4.69, 9.17) is 9.47 Å². The lowest BCUT2D eigenvalue weighted by molar-refractivity contribution is 0.0987. The van der Waals surface area contributed by atoms with E-state index in [0.29, 0.717) is 6.61 Å². The molecule has 0 bridgehead atoms. The van der Waals surface area contributed by atoms with Gasteiger partial charge >= 0.3 is 6.09 Å². The van der Waals surface area contributed by atoms with E-state index in [0.717, 1.165) is 16.8 Å². The van der Waals surface area contributed by atoms with Crippen molar-refractivity contribution in [3.8, 4) is 0 Å². The van der Waals surface area contributed by atoms with Gasteiger partial charge in [-0.05, 0) is 36.9 Å². The number of aliphatic imine (C=N–C) groups is 1. The van der Waals surface area contributed by atoms with Gasteiger partial charge in [-0.3, -0.25) is 10.3 Å². The van der Waals surface area contributed by atoms with Gasteiger partial charge in [0.15, 0.2) is 0 Å². The smallest absolute Gasteiger partial charge is 0.409 e. The molecule has 0 radical (unpaired) electrons. The van der Waals surface area contributed by atoms with Crippen molar-refractivity contribution >= 4 is 24.6 Å². The fraction of sp³-hybridized carbons (Fsp3) is 0.286. The summed E-state index contributed by atoms with van der Waals surface area (Å²) in [7, 11) is 0. The predicted molar refractivity (Wildman–Crippen MR) is 77.7 cm³/mol. The molecule has 0 atom stereocenters. The first kappa shape index (κ1) is 14.9. The first-order valence-electron chi connectivity index (χ1n) is 5.91. The number of rotatable bonds is 7. The zero-order chi connectivity index (χ0) is 14.1. The molecule has 1 N–H and O–H groups in total. The summed E-state index contributed by atoms with van der Waals surface area (Å²) in [6.45, 7) is 9.89. The van der Waals surface area contributed by atoms with Crippen molar-refractivity contribution in [1.29, 1.82) is 0 Å². The average molecular weight is 264 g/mol. The van der Waals surface area contributed by atoms with Gasteiger partial charge < -0.3 is 9.47 Å². The Labute approximate surface area is 114 Å². The molecule has 1 amide bonds. The fourth-order valence-electron chi connectivity index (χ4n) is 1.41. The Bertz CT molecular complexity index is 464. The minimum absolute atomic E-state index is 0. The third-order valence-corrected chi connectivity index (χ3v) is 2.37. The highest BCUT2D eigenvalue weighted by molar-refractivity contribution is 5.67. The van der Waals surface area contributed by atoms with E-state index < -0.39 is 6.09 Å². The van der Waals surface area contributed by atoms with Gasteiger partial charge in [-0.15, -0.1) is 0 Å². The molecule has 0 aromatic heterocycles. The zero-order valence-electron chi connectivity index (χ0n) is 11.0. The molecule has 0 aliphatic carbocycles. The van der Waals surface area contributed by atoms with E-state index in [1.165, 1.54) is 0 Å². The van der Waals surface area contributed by atoms with Crippen LogP contribution in [-0.2, 0) is 16.1 Å². The Hall–Kier alpha value is -2.14. The molecule has 0 fully saturated rings. The lowest BCUT2D eigenvalue weighted by Crippen LogP contribution is -2.26. The Kier molecular flexibility index (Phi) is 6.32. The molecule has 1 rings (SSSR count). The molecule has 0 saturated heterocycles. The summed E-state index contributed by atoms with van der Waals surface area (Å²) in [5, 5.41) is 2.47. The van der Waals surface area contributed by atoms with Gasteiger partial charge in [-0.25, -0.2) is 4.79 Å². The summed E-state index contributed by atoms with van der Waals surface area (Å²) in [6, 6.07) is 5.49. The topological polar surface area (TPSA) is 59.9 Å². The highest BCUT2D eigenvalue weighted by Crippen LogP contribution is 2.21. The molecule has 0 unspecified atom stereocenters. The number of amides is 1. The molecule has 5 heteroatoms. The molecule has 19 heavy (non-hydrogen) atoms. The highest BCUT2D eigenvalue weighted by Gasteiger charge is 2.04. The average Bonchev–Trinajstić information content (AvgIpc) is 2.45. The third-order valence-electron chi connectivity index (χ3n) is 2.37. The first-order chi connectivity index (χ1) is 9.21. The van der Waals surface area contributed by atoms with Crippen LogP contribution in [0.5, 0.6) is 0 Å². The van der Waals surface area contributed by atoms with Gasteiger partial charge in [-0.1, -0.05) is 18.7 Å². The summed E-state index contributed by atoms with van der Waals surface area (Å²) in [5.41, 5.74) is 2.46. The van der Waals surface area contributed by atoms with Crippen LogP contribution >= 0.6 is 0 Å². The largest absolute Gasteiger partial charge is 0.445 e. The van der Waals surface area contributed by atoms with Gasteiger partial charge in [0.25, 0.3) is 0 Å². The van der Waals surface area contributed by atoms with Gasteiger partial charge in [-0.2, -0.15) is 0 Å². The van der Waals surface area contributed by atoms with Crippen molar-refractivity contribution in [2.75, 3.05) is 13.3 Å². The van der Waals surface area contributed by atoms with Crippen LogP contribution in [0, 0.1) is 0 Å². The van der Waals surface area contributed by atoms with Crippen molar-refractivity contribution in [1.82, 2.24) is 5.32 Å². The number of nitrogens with zero attached hydrogens (tertiary/aromatic N) is 1. The lowest BCUT2D eigenvalue weighted by atomic mass is 10.1. The maximum Gasteiger partial charge on any atom is 0.409 e. The second-order valence-electron chi connectivity index (χ2n) is 3.65. The zero-order valence-corrected chi connectivity index (χ0v) is 11.0. The molecule has 5 nitrogen and oxygen atoms in total. The number of nitrogens with one attached hydrogen (secondary N) is 1. The minimum Gasteiger partial charge on any atom is -0.445 e. The Balaban J connectivity index is 0.00000361. The van der Waals surface area contributed by atoms with E-state index in [1.54, 1.807) is 12.1 Å². The van der Waals surface area contributed by atoms with Crippen LogP contribution in [0.15, 0.2) is 29.8 Å². The Morgan fingerprint density at radius 3 is 3.00 bits per heavy atom. The number of benzene rings is 1. The second-order valence-corrected chi connectivity index (χ2v) is 3.65. The molecule has 0 spiro atoms. The monoisotopic (exact) mass is 264 g/mol. The van der Waals surface area contributed by atoms with E-state index in [-0.39, 0.29) is 14.8 Å². The van der Waals surface area contributed by atoms with Gasteiger partial charge in [0.2, 0.25) is 0 Å². The molecule has 0 aliphatic rings. The number of hydrogen-bond acceptors (Lipinski definition) is 4. The van der Waals surface area contributed by atoms with Crippen molar-refractivity contribution < 1.29 is 15.7 Å². The molecular weight excluding hydrogens is 244 g/mol. The molecule has 1 aromatic carbocycles. The van der Waals surface area contributed by atoms with Gasteiger partial charge in [0.1, 0.15) is 13.3 Å². The van der Waals surface area contributed by atoms with Gasteiger partial charge in [0.05, 0.1) is 5.69 Å². The fourth-order valence-corrected chi connectivity index (χ4v) is 1.41. The van der Waals surface area contributed by atoms with Crippen molar-refractivity contribution in [3.05, 3.63) is 35.9 Å². The van der Waals surface area contributed by atoms with Crippen LogP contribution in [-0.4, -0.2) is 26.1 Å². The molecule has 1 aromatic rings. The van der Waals surface area contributed by atoms with Crippen LogP contribution < -0.4 is 5.32 Å². The number of alkyl carbamates (subject to hydrolysis) is 1. The number of carbonyl (C=O) groups excluding carboxylic acids is 1. The molecular formula is C14H20N2O3. The number of ether oxygens (including phenoxy) is 2. The highest BCUT2D eigenvalue weighted by atomic mass is 16.6. The van der Waals surface area contributed by atoms with Crippen LogP contribution in [0.1, 0.15) is 19.5 Å². The number of hydrogen-bond donors (Lipinski definition) is 1. The summed E-state index contributed by atoms with van der Waals surface area (Å²) in [5.74, 6) is 0. The molecule has 0 saturated carbocycles. The Morgan fingerprint density at radius 1 is 1.58 bits per heavy atom. The minimum atomic E-state index is -0.514. The quantitative estimate of drug-likeness (QED) is 0.467. The second kappa shape index (κ2) is 8.05. The normalized spacial score (nSPS) is 9.74. The van der Waals surface area contributed by atoms with Crippen molar-refractivity contribution in [3.63, 3.8) is 0 Å². The molecule has 104 valence electrons. The Morgan fingerprint density at radius 2 is 2.37 bits per heavy atom. The predicted octanol–water partition coefficient (Wildman–Crippen LogP) is 3.13. The maximum absolute atomic E-state index is 11.3. The van der Waals surface area contributed by atoms with Crippen molar-refractivity contribution in [2.45, 2.75) is 13.5 Å². The van der Waals surface area contributed by atoms with E-state index in [1.807, 2.05) is 19.1 Å². The van der Waals surface area contributed by atoms with E-state index in [2.05, 4.69) is 23.6 Å². The summed E-state index contributed by atoms with van der Waals surface area (Å²) < 4.78 is 10.0.